The fourth-order valence-electron chi connectivity index (χ4n) is 6.42. The summed E-state index contributed by atoms with van der Waals surface area (Å²) in [5, 5.41) is 23.6. The van der Waals surface area contributed by atoms with Crippen molar-refractivity contribution in [2.75, 3.05) is 0 Å². The Morgan fingerprint density at radius 2 is 1.07 bits per heavy atom. The molecular weight excluding hydrogens is 538 g/mol. The minimum Gasteiger partial charge on any atom is -0.319 e. The molecule has 202 valence electrons. The summed E-state index contributed by atoms with van der Waals surface area (Å²) in [6.07, 6.45) is 0. The van der Waals surface area contributed by atoms with E-state index in [0.29, 0.717) is 22.5 Å². The number of benzene rings is 6. The number of para-hydroxylation sites is 2. The van der Waals surface area contributed by atoms with E-state index in [1.54, 1.807) is 18.2 Å². The van der Waals surface area contributed by atoms with Gasteiger partial charge in [0.15, 0.2) is 0 Å². The molecule has 6 aromatic carbocycles. The van der Waals surface area contributed by atoms with Gasteiger partial charge in [0.1, 0.15) is 0 Å². The van der Waals surface area contributed by atoms with Crippen LogP contribution in [-0.2, 0) is 0 Å². The number of fused-ring (bicyclic) bond motifs is 6. The van der Waals surface area contributed by atoms with Crippen LogP contribution in [0.2, 0.25) is 0 Å². The molecule has 0 N–H and O–H groups in total. The van der Waals surface area contributed by atoms with Crippen LogP contribution in [0, 0.1) is 29.2 Å². The zero-order valence-corrected chi connectivity index (χ0v) is 23.4. The molecular formula is C39H21N5. The van der Waals surface area contributed by atoms with Crippen molar-refractivity contribution in [2.45, 2.75) is 0 Å². The average molecular weight is 560 g/mol. The first-order valence-electron chi connectivity index (χ1n) is 14.2. The maximum Gasteiger partial charge on any atom is 0.210 e. The van der Waals surface area contributed by atoms with Gasteiger partial charge < -0.3 is 9.13 Å². The van der Waals surface area contributed by atoms with E-state index in [0.717, 1.165) is 60.4 Å². The van der Waals surface area contributed by atoms with Crippen LogP contribution in [0.3, 0.4) is 0 Å². The third-order valence-electron chi connectivity index (χ3n) is 8.38. The Hall–Kier alpha value is -6.61. The first-order valence-corrected chi connectivity index (χ1v) is 14.2. The van der Waals surface area contributed by atoms with Crippen molar-refractivity contribution in [1.82, 2.24) is 9.13 Å². The highest BCUT2D eigenvalue weighted by molar-refractivity contribution is 6.13. The number of hydrogen-bond donors (Lipinski definition) is 0. The van der Waals surface area contributed by atoms with Crippen molar-refractivity contribution >= 4 is 49.3 Å². The molecule has 5 nitrogen and oxygen atoms in total. The molecule has 0 spiro atoms. The molecule has 0 unspecified atom stereocenters. The summed E-state index contributed by atoms with van der Waals surface area (Å²) in [5.41, 5.74) is 9.60. The second-order valence-electron chi connectivity index (χ2n) is 10.8. The van der Waals surface area contributed by atoms with E-state index in [1.807, 2.05) is 42.5 Å². The summed E-state index contributed by atoms with van der Waals surface area (Å²) in [6, 6.07) is 47.0. The smallest absolute Gasteiger partial charge is 0.210 e. The molecule has 0 bridgehead atoms. The molecule has 44 heavy (non-hydrogen) atoms. The maximum absolute atomic E-state index is 9.59. The molecule has 0 amide bonds. The number of nitriles is 2. The lowest BCUT2D eigenvalue weighted by atomic mass is 10.0. The molecule has 8 rings (SSSR count). The Balaban J connectivity index is 1.35. The standard InChI is InChI=1S/C39H21N5/c1-42-34-16-13-26(24-41)20-39(34)44-36-12-5-3-10-31(36)33-22-28(15-18-38(33)44)27-14-17-37-32(21-27)30-9-2-4-11-35(30)43(37)29-8-6-7-25(19-29)23-40/h2-22H. The lowest BCUT2D eigenvalue weighted by Crippen LogP contribution is -1.95. The fourth-order valence-corrected chi connectivity index (χ4v) is 6.42. The second-order valence-corrected chi connectivity index (χ2v) is 10.8. The minimum absolute atomic E-state index is 0.498. The molecule has 2 heterocycles. The molecule has 0 saturated heterocycles. The second kappa shape index (κ2) is 9.74. The summed E-state index contributed by atoms with van der Waals surface area (Å²) >= 11 is 0. The van der Waals surface area contributed by atoms with Crippen molar-refractivity contribution in [3.8, 4) is 34.6 Å². The van der Waals surface area contributed by atoms with Gasteiger partial charge in [0, 0.05) is 27.2 Å². The third-order valence-corrected chi connectivity index (χ3v) is 8.38. The largest absolute Gasteiger partial charge is 0.319 e. The Kier molecular flexibility index (Phi) is 5.56. The molecule has 0 radical (unpaired) electrons. The predicted molar refractivity (Wildman–Crippen MR) is 176 cm³/mol. The van der Waals surface area contributed by atoms with Crippen LogP contribution in [0.1, 0.15) is 11.1 Å². The monoisotopic (exact) mass is 559 g/mol. The summed E-state index contributed by atoms with van der Waals surface area (Å²) < 4.78 is 4.31. The first kappa shape index (κ1) is 25.1. The van der Waals surface area contributed by atoms with Gasteiger partial charge in [-0.3, -0.25) is 0 Å². The van der Waals surface area contributed by atoms with Gasteiger partial charge in [-0.1, -0.05) is 66.7 Å². The predicted octanol–water partition coefficient (Wildman–Crippen LogP) is 9.84. The Bertz CT molecular complexity index is 2600. The van der Waals surface area contributed by atoms with E-state index < -0.39 is 0 Å². The topological polar surface area (TPSA) is 61.8 Å². The van der Waals surface area contributed by atoms with Gasteiger partial charge in [0.25, 0.3) is 0 Å². The number of rotatable bonds is 3. The highest BCUT2D eigenvalue weighted by Crippen LogP contribution is 2.39. The third kappa shape index (κ3) is 3.70. The van der Waals surface area contributed by atoms with Crippen LogP contribution in [0.25, 0.3) is 71.0 Å². The summed E-state index contributed by atoms with van der Waals surface area (Å²) in [6.45, 7) is 7.79. The molecule has 8 aromatic rings. The molecule has 0 atom stereocenters. The van der Waals surface area contributed by atoms with Crippen LogP contribution in [0.5, 0.6) is 0 Å². The fraction of sp³-hybridized carbons (Fsp3) is 0. The van der Waals surface area contributed by atoms with E-state index >= 15 is 0 Å². The van der Waals surface area contributed by atoms with Crippen LogP contribution in [0.15, 0.2) is 127 Å². The van der Waals surface area contributed by atoms with Crippen molar-refractivity contribution in [3.05, 3.63) is 150 Å². The van der Waals surface area contributed by atoms with Crippen LogP contribution < -0.4 is 0 Å². The zero-order valence-electron chi connectivity index (χ0n) is 23.4. The SMILES string of the molecule is [C-]#[N+]c1ccc(C#N)cc1-n1c2ccccc2c2cc(-c3ccc4c(c3)c3ccccc3n4-c3cccc(C#N)c3)ccc21. The van der Waals surface area contributed by atoms with Crippen molar-refractivity contribution in [1.29, 1.82) is 10.5 Å². The Morgan fingerprint density at radius 3 is 1.70 bits per heavy atom. The maximum atomic E-state index is 9.59. The van der Waals surface area contributed by atoms with Gasteiger partial charge >= 0.3 is 0 Å². The molecule has 0 saturated carbocycles. The van der Waals surface area contributed by atoms with Gasteiger partial charge in [-0.2, -0.15) is 10.5 Å². The van der Waals surface area contributed by atoms with E-state index in [2.05, 4.69) is 92.8 Å². The molecule has 0 aliphatic carbocycles. The van der Waals surface area contributed by atoms with Crippen molar-refractivity contribution in [3.63, 3.8) is 0 Å². The Labute approximate surface area is 253 Å². The van der Waals surface area contributed by atoms with Gasteiger partial charge in [0.05, 0.1) is 57.6 Å². The van der Waals surface area contributed by atoms with E-state index in [-0.39, 0.29) is 0 Å². The van der Waals surface area contributed by atoms with E-state index in [4.69, 9.17) is 6.57 Å². The molecule has 5 heteroatoms. The lowest BCUT2D eigenvalue weighted by Gasteiger charge is -2.11. The first-order chi connectivity index (χ1) is 21.7. The average Bonchev–Trinajstić information content (AvgIpc) is 3.60. The minimum atomic E-state index is 0.498. The zero-order chi connectivity index (χ0) is 29.8. The summed E-state index contributed by atoms with van der Waals surface area (Å²) in [7, 11) is 0. The number of aromatic nitrogens is 2. The number of hydrogen-bond acceptors (Lipinski definition) is 2. The highest BCUT2D eigenvalue weighted by atomic mass is 15.0. The summed E-state index contributed by atoms with van der Waals surface area (Å²) in [5.74, 6) is 0. The van der Waals surface area contributed by atoms with Gasteiger partial charge in [-0.05, 0) is 71.8 Å². The van der Waals surface area contributed by atoms with Gasteiger partial charge in [-0.15, -0.1) is 0 Å². The molecule has 0 aliphatic rings. The molecule has 0 aliphatic heterocycles. The van der Waals surface area contributed by atoms with Crippen LogP contribution >= 0.6 is 0 Å². The van der Waals surface area contributed by atoms with Gasteiger partial charge in [-0.25, -0.2) is 4.85 Å². The molecule has 2 aromatic heterocycles. The van der Waals surface area contributed by atoms with E-state index in [1.165, 1.54) is 0 Å². The Morgan fingerprint density at radius 1 is 0.500 bits per heavy atom. The van der Waals surface area contributed by atoms with E-state index in [9.17, 15) is 10.5 Å². The van der Waals surface area contributed by atoms with Crippen molar-refractivity contribution < 1.29 is 0 Å². The van der Waals surface area contributed by atoms with Crippen LogP contribution in [0.4, 0.5) is 5.69 Å². The molecule has 0 fully saturated rings. The quantitative estimate of drug-likeness (QED) is 0.202. The summed E-state index contributed by atoms with van der Waals surface area (Å²) in [4.78, 5) is 3.77. The lowest BCUT2D eigenvalue weighted by molar-refractivity contribution is 1.18. The highest BCUT2D eigenvalue weighted by Gasteiger charge is 2.17. The normalized spacial score (nSPS) is 11.1. The number of nitrogens with zero attached hydrogens (tertiary/aromatic N) is 5. The van der Waals surface area contributed by atoms with Crippen molar-refractivity contribution in [2.24, 2.45) is 0 Å². The van der Waals surface area contributed by atoms with Gasteiger partial charge in [0.2, 0.25) is 5.69 Å². The van der Waals surface area contributed by atoms with Crippen LogP contribution in [-0.4, -0.2) is 9.13 Å².